The molecule has 0 aliphatic carbocycles. The predicted molar refractivity (Wildman–Crippen MR) is 71.1 cm³/mol. The lowest BCUT2D eigenvalue weighted by atomic mass is 9.92. The number of pyridine rings is 1. The van der Waals surface area contributed by atoms with Crippen LogP contribution in [0.15, 0.2) is 42.7 Å². The number of aromatic nitrogens is 1. The monoisotopic (exact) mass is 240 g/mol. The summed E-state index contributed by atoms with van der Waals surface area (Å²) in [4.78, 5) is 4.20. The van der Waals surface area contributed by atoms with E-state index in [1.165, 1.54) is 11.1 Å². The molecule has 1 N–H and O–H groups in total. The normalized spacial score (nSPS) is 17.3. The first-order valence-corrected chi connectivity index (χ1v) is 6.22. The van der Waals surface area contributed by atoms with Crippen LogP contribution in [-0.4, -0.2) is 18.6 Å². The molecule has 2 aromatic rings. The third-order valence-electron chi connectivity index (χ3n) is 3.35. The first-order valence-electron chi connectivity index (χ1n) is 6.22. The molecule has 1 aromatic heterocycles. The van der Waals surface area contributed by atoms with E-state index in [2.05, 4.69) is 22.4 Å². The molecule has 1 aliphatic rings. The van der Waals surface area contributed by atoms with E-state index in [1.54, 1.807) is 6.20 Å². The molecule has 0 radical (unpaired) electrons. The van der Waals surface area contributed by atoms with Crippen molar-refractivity contribution in [3.8, 4) is 11.5 Å². The van der Waals surface area contributed by atoms with Gasteiger partial charge in [0.05, 0.1) is 0 Å². The number of hydrogen-bond donors (Lipinski definition) is 1. The van der Waals surface area contributed by atoms with Crippen LogP contribution in [0.1, 0.15) is 17.0 Å². The third-order valence-corrected chi connectivity index (χ3v) is 3.35. The maximum atomic E-state index is 6.01. The maximum absolute atomic E-state index is 6.01. The zero-order valence-corrected chi connectivity index (χ0v) is 10.4. The van der Waals surface area contributed by atoms with Gasteiger partial charge in [-0.1, -0.05) is 18.2 Å². The molecule has 3 rings (SSSR count). The van der Waals surface area contributed by atoms with Crippen molar-refractivity contribution in [3.05, 3.63) is 53.9 Å². The Morgan fingerprint density at radius 3 is 3.06 bits per heavy atom. The standard InChI is InChI=1S/C15H16N2O/c1-16-9-11-8-12-10-17-7-6-14(12)18-15-5-3-2-4-13(11)15/h2-7,10-11,16H,8-9H2,1H3/t11-/m0/s1. The van der Waals surface area contributed by atoms with E-state index in [-0.39, 0.29) is 0 Å². The van der Waals surface area contributed by atoms with Gasteiger partial charge in [0, 0.05) is 30.4 Å². The van der Waals surface area contributed by atoms with Gasteiger partial charge in [-0.2, -0.15) is 0 Å². The van der Waals surface area contributed by atoms with Crippen LogP contribution in [-0.2, 0) is 6.42 Å². The number of ether oxygens (including phenoxy) is 1. The van der Waals surface area contributed by atoms with E-state index in [0.717, 1.165) is 24.5 Å². The Morgan fingerprint density at radius 1 is 1.28 bits per heavy atom. The van der Waals surface area contributed by atoms with Crippen LogP contribution < -0.4 is 10.1 Å². The fourth-order valence-corrected chi connectivity index (χ4v) is 2.50. The molecule has 0 spiro atoms. The number of benzene rings is 1. The van der Waals surface area contributed by atoms with Gasteiger partial charge in [0.2, 0.25) is 0 Å². The average Bonchev–Trinajstić information content (AvgIpc) is 2.56. The van der Waals surface area contributed by atoms with Crippen molar-refractivity contribution in [2.45, 2.75) is 12.3 Å². The second kappa shape index (κ2) is 4.78. The number of para-hydroxylation sites is 1. The van der Waals surface area contributed by atoms with Crippen LogP contribution in [0.5, 0.6) is 11.5 Å². The molecule has 3 heteroatoms. The quantitative estimate of drug-likeness (QED) is 0.876. The highest BCUT2D eigenvalue weighted by atomic mass is 16.5. The van der Waals surface area contributed by atoms with Crippen LogP contribution in [0.25, 0.3) is 0 Å². The molecule has 1 aliphatic heterocycles. The summed E-state index contributed by atoms with van der Waals surface area (Å²) >= 11 is 0. The summed E-state index contributed by atoms with van der Waals surface area (Å²) in [6.45, 7) is 0.939. The predicted octanol–water partition coefficient (Wildman–Crippen LogP) is 2.73. The molecule has 0 saturated carbocycles. The Balaban J connectivity index is 2.08. The van der Waals surface area contributed by atoms with Crippen molar-refractivity contribution in [3.63, 3.8) is 0 Å². The Kier molecular flexibility index (Phi) is 2.99. The summed E-state index contributed by atoms with van der Waals surface area (Å²) in [5, 5.41) is 3.26. The van der Waals surface area contributed by atoms with Gasteiger partial charge in [0.15, 0.2) is 0 Å². The topological polar surface area (TPSA) is 34.2 Å². The average molecular weight is 240 g/mol. The van der Waals surface area contributed by atoms with Crippen molar-refractivity contribution < 1.29 is 4.74 Å². The largest absolute Gasteiger partial charge is 0.457 e. The third kappa shape index (κ3) is 1.97. The Labute approximate surface area is 107 Å². The van der Waals surface area contributed by atoms with Gasteiger partial charge in [-0.25, -0.2) is 0 Å². The van der Waals surface area contributed by atoms with Crippen molar-refractivity contribution >= 4 is 0 Å². The lowest BCUT2D eigenvalue weighted by Crippen LogP contribution is -2.18. The molecule has 1 aromatic carbocycles. The number of rotatable bonds is 2. The molecule has 0 unspecified atom stereocenters. The molecule has 0 fully saturated rings. The van der Waals surface area contributed by atoms with Crippen LogP contribution in [0.4, 0.5) is 0 Å². The fourth-order valence-electron chi connectivity index (χ4n) is 2.50. The minimum absolute atomic E-state index is 0.427. The van der Waals surface area contributed by atoms with Gasteiger partial charge in [-0.05, 0) is 31.2 Å². The SMILES string of the molecule is CNC[C@@H]1Cc2cnccc2Oc2ccccc21. The minimum atomic E-state index is 0.427. The van der Waals surface area contributed by atoms with E-state index in [1.807, 2.05) is 31.4 Å². The molecule has 0 amide bonds. The zero-order valence-electron chi connectivity index (χ0n) is 10.4. The number of likely N-dealkylation sites (N-methyl/N-ethyl adjacent to an activating group) is 1. The molecule has 1 atom stereocenters. The minimum Gasteiger partial charge on any atom is -0.457 e. The summed E-state index contributed by atoms with van der Waals surface area (Å²) in [5.74, 6) is 2.32. The van der Waals surface area contributed by atoms with E-state index in [4.69, 9.17) is 4.74 Å². The van der Waals surface area contributed by atoms with E-state index >= 15 is 0 Å². The molecular weight excluding hydrogens is 224 g/mol. The van der Waals surface area contributed by atoms with Crippen molar-refractivity contribution in [1.82, 2.24) is 10.3 Å². The van der Waals surface area contributed by atoms with Gasteiger partial charge >= 0.3 is 0 Å². The van der Waals surface area contributed by atoms with Crippen molar-refractivity contribution in [1.29, 1.82) is 0 Å². The molecule has 18 heavy (non-hydrogen) atoms. The highest BCUT2D eigenvalue weighted by molar-refractivity contribution is 5.46. The molecule has 3 nitrogen and oxygen atoms in total. The van der Waals surface area contributed by atoms with Gasteiger partial charge in [0.25, 0.3) is 0 Å². The van der Waals surface area contributed by atoms with Crippen LogP contribution in [0, 0.1) is 0 Å². The van der Waals surface area contributed by atoms with E-state index in [9.17, 15) is 0 Å². The van der Waals surface area contributed by atoms with Crippen LogP contribution in [0.2, 0.25) is 0 Å². The second-order valence-corrected chi connectivity index (χ2v) is 4.58. The molecule has 0 bridgehead atoms. The Bertz CT molecular complexity index is 554. The van der Waals surface area contributed by atoms with Crippen LogP contribution >= 0.6 is 0 Å². The summed E-state index contributed by atoms with van der Waals surface area (Å²) in [5.41, 5.74) is 2.44. The van der Waals surface area contributed by atoms with Crippen molar-refractivity contribution in [2.24, 2.45) is 0 Å². The molecular formula is C15H16N2O. The Morgan fingerprint density at radius 2 is 2.17 bits per heavy atom. The second-order valence-electron chi connectivity index (χ2n) is 4.58. The van der Waals surface area contributed by atoms with Crippen LogP contribution in [0.3, 0.4) is 0 Å². The summed E-state index contributed by atoms with van der Waals surface area (Å²) in [6.07, 6.45) is 4.64. The first-order chi connectivity index (χ1) is 8.88. The fraction of sp³-hybridized carbons (Fsp3) is 0.267. The zero-order chi connectivity index (χ0) is 12.4. The number of hydrogen-bond acceptors (Lipinski definition) is 3. The first kappa shape index (κ1) is 11.2. The molecule has 0 saturated heterocycles. The number of nitrogens with one attached hydrogen (secondary N) is 1. The summed E-state index contributed by atoms with van der Waals surface area (Å²) in [7, 11) is 1.98. The highest BCUT2D eigenvalue weighted by Gasteiger charge is 2.22. The number of fused-ring (bicyclic) bond motifs is 2. The van der Waals surface area contributed by atoms with E-state index < -0.39 is 0 Å². The molecule has 92 valence electrons. The number of nitrogens with zero attached hydrogens (tertiary/aromatic N) is 1. The highest BCUT2D eigenvalue weighted by Crippen LogP contribution is 2.38. The maximum Gasteiger partial charge on any atom is 0.133 e. The smallest absolute Gasteiger partial charge is 0.133 e. The molecule has 2 heterocycles. The van der Waals surface area contributed by atoms with Gasteiger partial charge < -0.3 is 10.1 Å². The van der Waals surface area contributed by atoms with Crippen molar-refractivity contribution in [2.75, 3.05) is 13.6 Å². The summed E-state index contributed by atoms with van der Waals surface area (Å²) < 4.78 is 6.01. The lowest BCUT2D eigenvalue weighted by molar-refractivity contribution is 0.477. The van der Waals surface area contributed by atoms with E-state index in [0.29, 0.717) is 5.92 Å². The summed E-state index contributed by atoms with van der Waals surface area (Å²) in [6, 6.07) is 10.2. The van der Waals surface area contributed by atoms with Gasteiger partial charge in [-0.3, -0.25) is 4.98 Å². The van der Waals surface area contributed by atoms with Gasteiger partial charge in [0.1, 0.15) is 11.5 Å². The van der Waals surface area contributed by atoms with Gasteiger partial charge in [-0.15, -0.1) is 0 Å². The Hall–Kier alpha value is -1.87. The lowest BCUT2D eigenvalue weighted by Gasteiger charge is -2.15.